The van der Waals surface area contributed by atoms with Crippen molar-refractivity contribution in [3.63, 3.8) is 0 Å². The molecule has 1 fully saturated rings. The second-order valence-corrected chi connectivity index (χ2v) is 8.26. The number of aromatic amines is 1. The third kappa shape index (κ3) is 2.47. The zero-order chi connectivity index (χ0) is 18.5. The summed E-state index contributed by atoms with van der Waals surface area (Å²) in [5.74, 6) is 0. The second kappa shape index (κ2) is 6.18. The van der Waals surface area contributed by atoms with Gasteiger partial charge in [0.2, 0.25) is 0 Å². The minimum Gasteiger partial charge on any atom is -0.368 e. The fraction of sp³-hybridized carbons (Fsp3) is 0.435. The Balaban J connectivity index is 1.53. The quantitative estimate of drug-likeness (QED) is 0.737. The molecule has 5 rings (SSSR count). The summed E-state index contributed by atoms with van der Waals surface area (Å²) in [4.78, 5) is 10.6. The number of benzene rings is 1. The molecule has 0 amide bonds. The Labute approximate surface area is 160 Å². The molecule has 140 valence electrons. The molecule has 3 heterocycles. The highest BCUT2D eigenvalue weighted by atomic mass is 16.5. The Bertz CT molecular complexity index is 952. The van der Waals surface area contributed by atoms with E-state index in [9.17, 15) is 0 Å². The molecule has 1 aliphatic heterocycles. The standard InChI is InChI=1S/C23H27N3O/c1-26(2)22(17-7-4-3-5-8-17)11-13-23(14-12-22)20-18(10-16-27-23)19-9-6-15-24-21(19)25-20/h3-9,15H,10-14,16H2,1-2H3,(H,24,25). The van der Waals surface area contributed by atoms with Crippen molar-refractivity contribution in [2.24, 2.45) is 0 Å². The molecule has 4 heteroatoms. The van der Waals surface area contributed by atoms with Gasteiger partial charge in [-0.1, -0.05) is 30.3 Å². The van der Waals surface area contributed by atoms with E-state index in [1.807, 2.05) is 12.3 Å². The van der Waals surface area contributed by atoms with Crippen molar-refractivity contribution in [1.29, 1.82) is 0 Å². The van der Waals surface area contributed by atoms with E-state index in [0.717, 1.165) is 44.4 Å². The summed E-state index contributed by atoms with van der Waals surface area (Å²) in [6.45, 7) is 0.801. The van der Waals surface area contributed by atoms with Gasteiger partial charge < -0.3 is 9.72 Å². The number of ether oxygens (including phenoxy) is 1. The number of nitrogens with zero attached hydrogens (tertiary/aromatic N) is 2. The maximum atomic E-state index is 6.49. The van der Waals surface area contributed by atoms with Crippen LogP contribution >= 0.6 is 0 Å². The third-order valence-electron chi connectivity index (χ3n) is 6.92. The maximum Gasteiger partial charge on any atom is 0.137 e. The smallest absolute Gasteiger partial charge is 0.137 e. The van der Waals surface area contributed by atoms with E-state index in [0.29, 0.717) is 0 Å². The van der Waals surface area contributed by atoms with Gasteiger partial charge in [-0.25, -0.2) is 4.98 Å². The molecule has 4 nitrogen and oxygen atoms in total. The van der Waals surface area contributed by atoms with Crippen molar-refractivity contribution in [2.75, 3.05) is 20.7 Å². The van der Waals surface area contributed by atoms with Gasteiger partial charge in [-0.05, 0) is 69.5 Å². The number of hydrogen-bond donors (Lipinski definition) is 1. The molecule has 27 heavy (non-hydrogen) atoms. The first-order valence-corrected chi connectivity index (χ1v) is 9.98. The van der Waals surface area contributed by atoms with Gasteiger partial charge in [-0.2, -0.15) is 0 Å². The molecule has 0 atom stereocenters. The number of nitrogens with one attached hydrogen (secondary N) is 1. The molecule has 3 aromatic rings. The van der Waals surface area contributed by atoms with Gasteiger partial charge in [0, 0.05) is 17.1 Å². The first-order chi connectivity index (χ1) is 13.1. The van der Waals surface area contributed by atoms with Crippen LogP contribution in [-0.2, 0) is 22.3 Å². The van der Waals surface area contributed by atoms with Crippen LogP contribution in [0.1, 0.15) is 42.5 Å². The Kier molecular flexibility index (Phi) is 3.88. The SMILES string of the molecule is CN(C)C1(c2ccccc2)CCC2(CC1)OCCc1c2[nH]c2ncccc12. The molecule has 1 aromatic carbocycles. The fourth-order valence-corrected chi connectivity index (χ4v) is 5.35. The van der Waals surface area contributed by atoms with Gasteiger partial charge in [0.15, 0.2) is 0 Å². The Morgan fingerprint density at radius 2 is 1.78 bits per heavy atom. The van der Waals surface area contributed by atoms with Crippen molar-refractivity contribution >= 4 is 11.0 Å². The van der Waals surface area contributed by atoms with Gasteiger partial charge in [0.25, 0.3) is 0 Å². The summed E-state index contributed by atoms with van der Waals surface area (Å²) < 4.78 is 6.49. The summed E-state index contributed by atoms with van der Waals surface area (Å²) >= 11 is 0. The lowest BCUT2D eigenvalue weighted by Gasteiger charge is -2.50. The van der Waals surface area contributed by atoms with E-state index in [4.69, 9.17) is 4.74 Å². The summed E-state index contributed by atoms with van der Waals surface area (Å²) in [6, 6.07) is 15.2. The normalized spacial score (nSPS) is 28.0. The first-order valence-electron chi connectivity index (χ1n) is 9.98. The van der Waals surface area contributed by atoms with Gasteiger partial charge >= 0.3 is 0 Å². The van der Waals surface area contributed by atoms with Crippen LogP contribution in [0.25, 0.3) is 11.0 Å². The molecule has 0 unspecified atom stereocenters. The summed E-state index contributed by atoms with van der Waals surface area (Å²) in [7, 11) is 4.43. The molecule has 1 saturated carbocycles. The van der Waals surface area contributed by atoms with E-state index < -0.39 is 0 Å². The van der Waals surface area contributed by atoms with Crippen molar-refractivity contribution in [3.05, 3.63) is 65.5 Å². The van der Waals surface area contributed by atoms with Crippen molar-refractivity contribution in [1.82, 2.24) is 14.9 Å². The number of pyridine rings is 1. The average molecular weight is 361 g/mol. The number of fused-ring (bicyclic) bond motifs is 4. The van der Waals surface area contributed by atoms with Crippen LogP contribution in [0, 0.1) is 0 Å². The van der Waals surface area contributed by atoms with Gasteiger partial charge in [-0.15, -0.1) is 0 Å². The molecular weight excluding hydrogens is 334 g/mol. The van der Waals surface area contributed by atoms with Crippen LogP contribution in [0.2, 0.25) is 0 Å². The zero-order valence-electron chi connectivity index (χ0n) is 16.2. The predicted molar refractivity (Wildman–Crippen MR) is 108 cm³/mol. The molecule has 0 bridgehead atoms. The molecule has 2 aliphatic rings. The van der Waals surface area contributed by atoms with Crippen LogP contribution in [0.5, 0.6) is 0 Å². The summed E-state index contributed by atoms with van der Waals surface area (Å²) in [5, 5.41) is 1.27. The Hall–Kier alpha value is -2.17. The number of H-pyrrole nitrogens is 1. The summed E-state index contributed by atoms with van der Waals surface area (Å²) in [6.07, 6.45) is 7.07. The van der Waals surface area contributed by atoms with E-state index in [1.165, 1.54) is 22.2 Å². The lowest BCUT2D eigenvalue weighted by Crippen LogP contribution is -2.50. The molecule has 0 saturated heterocycles. The topological polar surface area (TPSA) is 41.1 Å². The molecule has 1 spiro atoms. The zero-order valence-corrected chi connectivity index (χ0v) is 16.2. The molecule has 1 aliphatic carbocycles. The van der Waals surface area contributed by atoms with Crippen LogP contribution in [0.3, 0.4) is 0 Å². The molecule has 0 radical (unpaired) electrons. The molecule has 2 aromatic heterocycles. The second-order valence-electron chi connectivity index (χ2n) is 8.26. The predicted octanol–water partition coefficient (Wildman–Crippen LogP) is 4.36. The first kappa shape index (κ1) is 17.0. The van der Waals surface area contributed by atoms with Gasteiger partial charge in [0.1, 0.15) is 11.2 Å². The molecular formula is C23H27N3O. The highest BCUT2D eigenvalue weighted by Gasteiger charge is 2.49. The largest absolute Gasteiger partial charge is 0.368 e. The fourth-order valence-electron chi connectivity index (χ4n) is 5.35. The number of hydrogen-bond acceptors (Lipinski definition) is 3. The Morgan fingerprint density at radius 1 is 1.00 bits per heavy atom. The van der Waals surface area contributed by atoms with Crippen molar-refractivity contribution in [3.8, 4) is 0 Å². The lowest BCUT2D eigenvalue weighted by molar-refractivity contribution is -0.113. The van der Waals surface area contributed by atoms with E-state index in [1.54, 1.807) is 0 Å². The van der Waals surface area contributed by atoms with Crippen LogP contribution in [0.15, 0.2) is 48.7 Å². The van der Waals surface area contributed by atoms with Crippen LogP contribution in [0.4, 0.5) is 0 Å². The average Bonchev–Trinajstić information content (AvgIpc) is 3.10. The van der Waals surface area contributed by atoms with E-state index in [2.05, 4.69) is 65.4 Å². The summed E-state index contributed by atoms with van der Waals surface area (Å²) in [5.41, 5.74) is 5.00. The minimum atomic E-state index is -0.192. The lowest BCUT2D eigenvalue weighted by atomic mass is 9.68. The van der Waals surface area contributed by atoms with E-state index in [-0.39, 0.29) is 11.1 Å². The van der Waals surface area contributed by atoms with Crippen molar-refractivity contribution < 1.29 is 4.74 Å². The number of rotatable bonds is 2. The van der Waals surface area contributed by atoms with E-state index >= 15 is 0 Å². The monoisotopic (exact) mass is 361 g/mol. The molecule has 1 N–H and O–H groups in total. The Morgan fingerprint density at radius 3 is 2.52 bits per heavy atom. The highest BCUT2D eigenvalue weighted by molar-refractivity contribution is 5.82. The van der Waals surface area contributed by atoms with Crippen LogP contribution < -0.4 is 0 Å². The van der Waals surface area contributed by atoms with Crippen molar-refractivity contribution in [2.45, 2.75) is 43.2 Å². The number of aromatic nitrogens is 2. The van der Waals surface area contributed by atoms with Crippen LogP contribution in [-0.4, -0.2) is 35.6 Å². The maximum absolute atomic E-state index is 6.49. The minimum absolute atomic E-state index is 0.0811. The highest BCUT2D eigenvalue weighted by Crippen LogP contribution is 2.52. The van der Waals surface area contributed by atoms with Gasteiger partial charge in [-0.3, -0.25) is 4.90 Å². The van der Waals surface area contributed by atoms with Gasteiger partial charge in [0.05, 0.1) is 12.3 Å². The third-order valence-corrected chi connectivity index (χ3v) is 6.92.